The molecule has 1 rings (SSSR count). The molecule has 0 aliphatic heterocycles. The first-order chi connectivity index (χ1) is 9.31. The Balaban J connectivity index is 3.00. The topological polar surface area (TPSA) is 72.2 Å². The van der Waals surface area contributed by atoms with Gasteiger partial charge in [0.1, 0.15) is 0 Å². The summed E-state index contributed by atoms with van der Waals surface area (Å²) >= 11 is 5.06. The highest BCUT2D eigenvalue weighted by molar-refractivity contribution is 9.10. The molecule has 0 amide bonds. The number of halogens is 1. The van der Waals surface area contributed by atoms with Crippen LogP contribution in [-0.2, 0) is 16.6 Å². The molecule has 1 aromatic carbocycles. The molecule has 1 atom stereocenters. The molecule has 0 saturated heterocycles. The first kappa shape index (κ1) is 18.0. The highest BCUT2D eigenvalue weighted by Gasteiger charge is 2.20. The fraction of sp³-hybridized carbons (Fsp3) is 0.538. The number of thioether (sulfide) groups is 1. The SMILES string of the molecule is CSCC(C)CNS(=O)(=O)c1cc(CN)cc(C)c1Br. The van der Waals surface area contributed by atoms with Crippen molar-refractivity contribution in [2.75, 3.05) is 18.6 Å². The molecule has 0 aromatic heterocycles. The predicted octanol–water partition coefficient (Wildman–Crippen LogP) is 2.49. The van der Waals surface area contributed by atoms with Gasteiger partial charge in [0.25, 0.3) is 0 Å². The molecule has 0 bridgehead atoms. The smallest absolute Gasteiger partial charge is 0.241 e. The van der Waals surface area contributed by atoms with E-state index in [0.717, 1.165) is 16.9 Å². The van der Waals surface area contributed by atoms with Crippen LogP contribution in [-0.4, -0.2) is 27.0 Å². The lowest BCUT2D eigenvalue weighted by atomic mass is 10.1. The Morgan fingerprint density at radius 1 is 1.45 bits per heavy atom. The zero-order valence-electron chi connectivity index (χ0n) is 11.9. The minimum absolute atomic E-state index is 0.259. The van der Waals surface area contributed by atoms with Crippen molar-refractivity contribution in [2.24, 2.45) is 11.7 Å². The Hall–Kier alpha value is -0.0800. The Bertz CT molecular complexity index is 562. The number of hydrogen-bond acceptors (Lipinski definition) is 4. The van der Waals surface area contributed by atoms with Crippen molar-refractivity contribution < 1.29 is 8.42 Å². The van der Waals surface area contributed by atoms with Gasteiger partial charge < -0.3 is 5.73 Å². The maximum Gasteiger partial charge on any atom is 0.241 e. The summed E-state index contributed by atoms with van der Waals surface area (Å²) in [5.41, 5.74) is 7.28. The van der Waals surface area contributed by atoms with E-state index < -0.39 is 10.0 Å². The highest BCUT2D eigenvalue weighted by Crippen LogP contribution is 2.27. The van der Waals surface area contributed by atoms with Gasteiger partial charge in [-0.05, 0) is 58.0 Å². The van der Waals surface area contributed by atoms with Gasteiger partial charge in [-0.3, -0.25) is 0 Å². The van der Waals surface area contributed by atoms with Crippen molar-refractivity contribution in [3.8, 4) is 0 Å². The van der Waals surface area contributed by atoms with Crippen LogP contribution in [0.1, 0.15) is 18.1 Å². The van der Waals surface area contributed by atoms with E-state index in [1.54, 1.807) is 17.8 Å². The minimum atomic E-state index is -3.52. The number of nitrogens with two attached hydrogens (primary N) is 1. The second-order valence-corrected chi connectivity index (χ2v) is 8.28. The van der Waals surface area contributed by atoms with E-state index in [2.05, 4.69) is 20.7 Å². The standard InChI is InChI=1S/C13H21BrN2O2S2/c1-9(8-19-3)7-16-20(17,18)12-5-11(6-15)4-10(2)13(12)14/h4-5,9,16H,6-8,15H2,1-3H3. The van der Waals surface area contributed by atoms with Crippen molar-refractivity contribution >= 4 is 37.7 Å². The van der Waals surface area contributed by atoms with Crippen LogP contribution in [0.5, 0.6) is 0 Å². The predicted molar refractivity (Wildman–Crippen MR) is 89.5 cm³/mol. The van der Waals surface area contributed by atoms with E-state index in [4.69, 9.17) is 5.73 Å². The first-order valence-electron chi connectivity index (χ1n) is 6.29. The van der Waals surface area contributed by atoms with Gasteiger partial charge in [0.15, 0.2) is 0 Å². The summed E-state index contributed by atoms with van der Waals surface area (Å²) in [6, 6.07) is 3.51. The molecule has 4 nitrogen and oxygen atoms in total. The third-order valence-electron chi connectivity index (χ3n) is 2.88. The lowest BCUT2D eigenvalue weighted by molar-refractivity contribution is 0.562. The third-order valence-corrected chi connectivity index (χ3v) is 6.54. The lowest BCUT2D eigenvalue weighted by Crippen LogP contribution is -2.29. The van der Waals surface area contributed by atoms with Crippen molar-refractivity contribution in [1.82, 2.24) is 4.72 Å². The van der Waals surface area contributed by atoms with Crippen LogP contribution in [0, 0.1) is 12.8 Å². The normalized spacial score (nSPS) is 13.4. The van der Waals surface area contributed by atoms with Crippen molar-refractivity contribution in [2.45, 2.75) is 25.3 Å². The highest BCUT2D eigenvalue weighted by atomic mass is 79.9. The van der Waals surface area contributed by atoms with E-state index in [1.165, 1.54) is 0 Å². The third kappa shape index (κ3) is 4.73. The largest absolute Gasteiger partial charge is 0.326 e. The molecule has 0 saturated carbocycles. The number of benzene rings is 1. The second kappa shape index (κ2) is 7.79. The Kier molecular flexibility index (Phi) is 7.00. The summed E-state index contributed by atoms with van der Waals surface area (Å²) in [4.78, 5) is 0.259. The molecule has 1 aromatic rings. The zero-order valence-corrected chi connectivity index (χ0v) is 15.2. The number of rotatable bonds is 7. The fourth-order valence-corrected chi connectivity index (χ4v) is 4.71. The van der Waals surface area contributed by atoms with Crippen LogP contribution in [0.15, 0.2) is 21.5 Å². The van der Waals surface area contributed by atoms with Gasteiger partial charge in [-0.1, -0.05) is 13.0 Å². The Morgan fingerprint density at radius 2 is 2.10 bits per heavy atom. The van der Waals surface area contributed by atoms with Crippen LogP contribution >= 0.6 is 27.7 Å². The fourth-order valence-electron chi connectivity index (χ4n) is 1.80. The molecule has 0 heterocycles. The maximum atomic E-state index is 12.4. The summed E-state index contributed by atoms with van der Waals surface area (Å²) in [7, 11) is -3.52. The van der Waals surface area contributed by atoms with Gasteiger partial charge in [0.2, 0.25) is 10.0 Å². The average molecular weight is 381 g/mol. The van der Waals surface area contributed by atoms with Crippen LogP contribution in [0.25, 0.3) is 0 Å². The van der Waals surface area contributed by atoms with Gasteiger partial charge in [-0.2, -0.15) is 11.8 Å². The molecule has 7 heteroatoms. The summed E-state index contributed by atoms with van der Waals surface area (Å²) in [5.74, 6) is 1.21. The molecule has 0 radical (unpaired) electrons. The average Bonchev–Trinajstić information content (AvgIpc) is 2.39. The maximum absolute atomic E-state index is 12.4. The van der Waals surface area contributed by atoms with Gasteiger partial charge >= 0.3 is 0 Å². The molecule has 0 fully saturated rings. The molecule has 114 valence electrons. The molecular weight excluding hydrogens is 360 g/mol. The van der Waals surface area contributed by atoms with E-state index in [0.29, 0.717) is 17.6 Å². The summed E-state index contributed by atoms with van der Waals surface area (Å²) in [6.45, 7) is 4.63. The number of hydrogen-bond donors (Lipinski definition) is 2. The zero-order chi connectivity index (χ0) is 15.3. The first-order valence-corrected chi connectivity index (χ1v) is 9.96. The second-order valence-electron chi connectivity index (χ2n) is 4.84. The van der Waals surface area contributed by atoms with E-state index in [1.807, 2.05) is 26.2 Å². The van der Waals surface area contributed by atoms with Crippen molar-refractivity contribution in [3.63, 3.8) is 0 Å². The number of sulfonamides is 1. The molecule has 1 unspecified atom stereocenters. The van der Waals surface area contributed by atoms with Crippen molar-refractivity contribution in [3.05, 3.63) is 27.7 Å². The van der Waals surface area contributed by atoms with Crippen LogP contribution in [0.3, 0.4) is 0 Å². The number of aryl methyl sites for hydroxylation is 1. The quantitative estimate of drug-likeness (QED) is 0.761. The summed E-state index contributed by atoms with van der Waals surface area (Å²) < 4.78 is 28.1. The van der Waals surface area contributed by atoms with Crippen LogP contribution in [0.2, 0.25) is 0 Å². The van der Waals surface area contributed by atoms with E-state index >= 15 is 0 Å². The molecule has 3 N–H and O–H groups in total. The summed E-state index contributed by atoms with van der Waals surface area (Å²) in [5, 5.41) is 0. The van der Waals surface area contributed by atoms with Gasteiger partial charge in [0, 0.05) is 17.6 Å². The number of nitrogens with one attached hydrogen (secondary N) is 1. The molecule has 0 aliphatic rings. The van der Waals surface area contributed by atoms with Gasteiger partial charge in [-0.25, -0.2) is 13.1 Å². The van der Waals surface area contributed by atoms with Crippen LogP contribution < -0.4 is 10.5 Å². The Morgan fingerprint density at radius 3 is 2.65 bits per heavy atom. The molecular formula is C13H21BrN2O2S2. The van der Waals surface area contributed by atoms with Crippen molar-refractivity contribution in [1.29, 1.82) is 0 Å². The molecule has 20 heavy (non-hydrogen) atoms. The van der Waals surface area contributed by atoms with E-state index in [-0.39, 0.29) is 10.8 Å². The van der Waals surface area contributed by atoms with Gasteiger partial charge in [-0.15, -0.1) is 0 Å². The van der Waals surface area contributed by atoms with Crippen LogP contribution in [0.4, 0.5) is 0 Å². The lowest BCUT2D eigenvalue weighted by Gasteiger charge is -2.14. The molecule has 0 aliphatic carbocycles. The van der Waals surface area contributed by atoms with Gasteiger partial charge in [0.05, 0.1) is 4.90 Å². The van der Waals surface area contributed by atoms with E-state index in [9.17, 15) is 8.42 Å². The minimum Gasteiger partial charge on any atom is -0.326 e. The summed E-state index contributed by atoms with van der Waals surface area (Å²) in [6.07, 6.45) is 2.01. The molecule has 0 spiro atoms. The Labute approximate surface area is 134 Å². The monoisotopic (exact) mass is 380 g/mol.